The van der Waals surface area contributed by atoms with E-state index in [1.807, 2.05) is 0 Å². The Balaban J connectivity index is 4.27. The van der Waals surface area contributed by atoms with Gasteiger partial charge in [-0.1, -0.05) is 291 Å². The molecule has 0 radical (unpaired) electrons. The highest BCUT2D eigenvalue weighted by atomic mass is 16.6. The highest BCUT2D eigenvalue weighted by molar-refractivity contribution is 5.71. The van der Waals surface area contributed by atoms with E-state index < -0.39 is 6.10 Å². The van der Waals surface area contributed by atoms with Gasteiger partial charge in [0.15, 0.2) is 6.10 Å². The van der Waals surface area contributed by atoms with Gasteiger partial charge in [-0.15, -0.1) is 0 Å². The lowest BCUT2D eigenvalue weighted by Crippen LogP contribution is -2.30. The predicted octanol–water partition coefficient (Wildman–Crippen LogP) is 23.8. The van der Waals surface area contributed by atoms with E-state index in [4.69, 9.17) is 14.2 Å². The Morgan fingerprint density at radius 1 is 0.259 bits per heavy atom. The van der Waals surface area contributed by atoms with Crippen LogP contribution in [0.4, 0.5) is 0 Å². The minimum Gasteiger partial charge on any atom is -0.462 e. The topological polar surface area (TPSA) is 78.9 Å². The van der Waals surface area contributed by atoms with Gasteiger partial charge in [-0.2, -0.15) is 0 Å². The van der Waals surface area contributed by atoms with Crippen LogP contribution in [0.3, 0.4) is 0 Å². The lowest BCUT2D eigenvalue weighted by atomic mass is 10.0. The summed E-state index contributed by atoms with van der Waals surface area (Å²) in [6, 6.07) is 0. The molecule has 0 amide bonds. The fourth-order valence-corrected chi connectivity index (χ4v) is 9.59. The van der Waals surface area contributed by atoms with Gasteiger partial charge < -0.3 is 14.2 Å². The summed E-state index contributed by atoms with van der Waals surface area (Å²) in [5.41, 5.74) is 0. The van der Waals surface area contributed by atoms with Crippen molar-refractivity contribution in [3.8, 4) is 0 Å². The molecule has 0 aromatic heterocycles. The number of carbonyl (C=O) groups excluding carboxylic acids is 3. The number of ether oxygens (including phenoxy) is 3. The van der Waals surface area contributed by atoms with Crippen molar-refractivity contribution in [2.45, 2.75) is 335 Å². The molecule has 0 aromatic rings. The maximum absolute atomic E-state index is 12.9. The molecule has 0 heterocycles. The Kier molecular flexibility index (Phi) is 65.2. The summed E-state index contributed by atoms with van der Waals surface area (Å²) in [6.07, 6.45) is 94.0. The summed E-state index contributed by atoms with van der Waals surface area (Å²) < 4.78 is 16.9. The molecule has 464 valence electrons. The molecule has 6 heteroatoms. The zero-order valence-electron chi connectivity index (χ0n) is 53.3. The number of allylic oxidation sites excluding steroid dienone is 18. The van der Waals surface area contributed by atoms with Gasteiger partial charge in [0.1, 0.15) is 13.2 Å². The number of hydrogen-bond donors (Lipinski definition) is 0. The lowest BCUT2D eigenvalue weighted by Gasteiger charge is -2.18. The van der Waals surface area contributed by atoms with Gasteiger partial charge in [0.25, 0.3) is 0 Å². The van der Waals surface area contributed by atoms with E-state index in [1.165, 1.54) is 154 Å². The van der Waals surface area contributed by atoms with Crippen LogP contribution in [0.25, 0.3) is 0 Å². The molecule has 0 aliphatic carbocycles. The third kappa shape index (κ3) is 66.8. The van der Waals surface area contributed by atoms with Crippen molar-refractivity contribution in [1.82, 2.24) is 0 Å². The van der Waals surface area contributed by atoms with Gasteiger partial charge in [-0.25, -0.2) is 0 Å². The van der Waals surface area contributed by atoms with Crippen LogP contribution in [0.5, 0.6) is 0 Å². The van der Waals surface area contributed by atoms with Gasteiger partial charge in [-0.05, 0) is 128 Å². The molecule has 0 aromatic carbocycles. The summed E-state index contributed by atoms with van der Waals surface area (Å²) in [7, 11) is 0. The Morgan fingerprint density at radius 3 is 0.778 bits per heavy atom. The number of rotatable bonds is 62. The molecular weight excluding hydrogens is 997 g/mol. The molecular formula is C75H128O6. The van der Waals surface area contributed by atoms with E-state index in [1.54, 1.807) is 0 Å². The molecule has 1 unspecified atom stereocenters. The van der Waals surface area contributed by atoms with E-state index in [0.29, 0.717) is 19.3 Å². The minimum absolute atomic E-state index is 0.0920. The fraction of sp³-hybridized carbons (Fsp3) is 0.720. The van der Waals surface area contributed by atoms with Crippen molar-refractivity contribution in [3.05, 3.63) is 109 Å². The van der Waals surface area contributed by atoms with Gasteiger partial charge in [0, 0.05) is 19.3 Å². The van der Waals surface area contributed by atoms with Gasteiger partial charge in [-0.3, -0.25) is 14.4 Å². The second kappa shape index (κ2) is 68.6. The van der Waals surface area contributed by atoms with Gasteiger partial charge in [0.2, 0.25) is 0 Å². The summed E-state index contributed by atoms with van der Waals surface area (Å²) in [5, 5.41) is 0. The number of esters is 3. The average Bonchev–Trinajstić information content (AvgIpc) is 3.47. The second-order valence-corrected chi connectivity index (χ2v) is 22.7. The summed E-state index contributed by atoms with van der Waals surface area (Å²) >= 11 is 0. The van der Waals surface area contributed by atoms with Gasteiger partial charge >= 0.3 is 17.9 Å². The first-order chi connectivity index (χ1) is 40.0. The van der Waals surface area contributed by atoms with E-state index in [2.05, 4.69) is 130 Å². The molecule has 0 saturated carbocycles. The monoisotopic (exact) mass is 1120 g/mol. The van der Waals surface area contributed by atoms with E-state index >= 15 is 0 Å². The van der Waals surface area contributed by atoms with Crippen LogP contribution in [0.1, 0.15) is 329 Å². The highest BCUT2D eigenvalue weighted by Crippen LogP contribution is 2.16. The Morgan fingerprint density at radius 2 is 0.481 bits per heavy atom. The Bertz CT molecular complexity index is 1620. The van der Waals surface area contributed by atoms with Crippen LogP contribution >= 0.6 is 0 Å². The summed E-state index contributed by atoms with van der Waals surface area (Å²) in [6.45, 7) is 6.48. The van der Waals surface area contributed by atoms with Crippen molar-refractivity contribution in [3.63, 3.8) is 0 Å². The third-order valence-corrected chi connectivity index (χ3v) is 14.7. The molecule has 0 bridgehead atoms. The van der Waals surface area contributed by atoms with Crippen LogP contribution in [0, 0.1) is 0 Å². The van der Waals surface area contributed by atoms with Crippen molar-refractivity contribution >= 4 is 17.9 Å². The smallest absolute Gasteiger partial charge is 0.306 e. The van der Waals surface area contributed by atoms with E-state index in [9.17, 15) is 14.4 Å². The Hall–Kier alpha value is -3.93. The maximum Gasteiger partial charge on any atom is 0.306 e. The van der Waals surface area contributed by atoms with E-state index in [0.717, 1.165) is 135 Å². The first-order valence-electron chi connectivity index (χ1n) is 34.4. The first kappa shape index (κ1) is 77.1. The SMILES string of the molecule is CC/C=C\C/C=C\C/C=C\C/C=C\CCCCCCC(=O)OC(COC(=O)CCCCCCC/C=C\C/C=C\CCCCC)COC(=O)CCCCCCCCCCCCCCCCCC/C=C\C/C=C\C/C=C\CCCCCCC. The zero-order chi connectivity index (χ0) is 58.5. The van der Waals surface area contributed by atoms with Crippen LogP contribution in [-0.2, 0) is 28.6 Å². The van der Waals surface area contributed by atoms with Crippen LogP contribution in [0.15, 0.2) is 109 Å². The maximum atomic E-state index is 12.9. The number of unbranched alkanes of at least 4 members (excludes halogenated alkanes) is 33. The molecule has 0 aliphatic heterocycles. The minimum atomic E-state index is -0.799. The molecule has 0 fully saturated rings. The Labute approximate surface area is 501 Å². The molecule has 0 N–H and O–H groups in total. The summed E-state index contributed by atoms with van der Waals surface area (Å²) in [4.78, 5) is 38.4. The number of hydrogen-bond acceptors (Lipinski definition) is 6. The second-order valence-electron chi connectivity index (χ2n) is 22.7. The molecule has 1 atom stereocenters. The van der Waals surface area contributed by atoms with Crippen molar-refractivity contribution in [2.75, 3.05) is 13.2 Å². The molecule has 6 nitrogen and oxygen atoms in total. The van der Waals surface area contributed by atoms with Crippen molar-refractivity contribution in [1.29, 1.82) is 0 Å². The summed E-state index contributed by atoms with van der Waals surface area (Å²) in [5.74, 6) is -0.921. The average molecular weight is 1130 g/mol. The molecule has 0 rings (SSSR count). The zero-order valence-corrected chi connectivity index (χ0v) is 53.3. The molecule has 0 saturated heterocycles. The fourth-order valence-electron chi connectivity index (χ4n) is 9.59. The highest BCUT2D eigenvalue weighted by Gasteiger charge is 2.19. The van der Waals surface area contributed by atoms with Crippen LogP contribution < -0.4 is 0 Å². The van der Waals surface area contributed by atoms with Crippen molar-refractivity contribution in [2.24, 2.45) is 0 Å². The van der Waals surface area contributed by atoms with E-state index in [-0.39, 0.29) is 31.1 Å². The van der Waals surface area contributed by atoms with Crippen LogP contribution in [-0.4, -0.2) is 37.2 Å². The third-order valence-electron chi connectivity index (χ3n) is 14.7. The predicted molar refractivity (Wildman–Crippen MR) is 353 cm³/mol. The standard InChI is InChI=1S/C75H128O6/c1-4-7-10-13-16-19-22-25-28-30-31-32-33-34-35-36-37-38-39-40-41-42-43-45-47-50-53-56-59-62-65-68-74(77)80-71-72(70-79-73(76)67-64-61-58-55-52-49-46-27-24-21-18-15-12-9-6-3)81-75(78)69-66-63-60-57-54-51-48-44-29-26-23-20-17-14-11-8-5-2/h8,11,17-18,20-22,25-27,29-31,33-34,46,48,51,72H,4-7,9-10,12-16,19,23-24,28,32,35-45,47,49-50,52-71H2,1-3H3/b11-8-,20-17-,21-18-,25-22-,29-26-,31-30-,34-33-,46-27-,51-48-. The molecule has 0 aliphatic rings. The normalized spacial score (nSPS) is 12.8. The largest absolute Gasteiger partial charge is 0.462 e. The first-order valence-corrected chi connectivity index (χ1v) is 34.4. The lowest BCUT2D eigenvalue weighted by molar-refractivity contribution is -0.167. The van der Waals surface area contributed by atoms with Crippen molar-refractivity contribution < 1.29 is 28.6 Å². The molecule has 81 heavy (non-hydrogen) atoms. The van der Waals surface area contributed by atoms with Crippen LogP contribution in [0.2, 0.25) is 0 Å². The molecule has 0 spiro atoms. The number of carbonyl (C=O) groups is 3. The quantitative estimate of drug-likeness (QED) is 0.0261. The van der Waals surface area contributed by atoms with Gasteiger partial charge in [0.05, 0.1) is 0 Å².